The van der Waals surface area contributed by atoms with E-state index in [2.05, 4.69) is 27.7 Å². The zero-order valence-corrected chi connectivity index (χ0v) is 11.4. The van der Waals surface area contributed by atoms with Crippen molar-refractivity contribution in [3.8, 4) is 0 Å². The highest BCUT2D eigenvalue weighted by Crippen LogP contribution is 2.09. The predicted octanol–water partition coefficient (Wildman–Crippen LogP) is 4.08. The summed E-state index contributed by atoms with van der Waals surface area (Å²) in [5.74, 6) is 0. The SMILES string of the molecule is CC.CCCCC[N+](CC)(CC)CC. The van der Waals surface area contributed by atoms with Gasteiger partial charge in [-0.15, -0.1) is 0 Å². The van der Waals surface area contributed by atoms with Crippen molar-refractivity contribution in [1.82, 2.24) is 0 Å². The summed E-state index contributed by atoms with van der Waals surface area (Å²) in [4.78, 5) is 0. The molecule has 0 aliphatic heterocycles. The first-order valence-corrected chi connectivity index (χ1v) is 6.59. The van der Waals surface area contributed by atoms with E-state index in [1.165, 1.54) is 49.9 Å². The summed E-state index contributed by atoms with van der Waals surface area (Å²) >= 11 is 0. The Balaban J connectivity index is 0. The van der Waals surface area contributed by atoms with E-state index in [9.17, 15) is 0 Å². The third kappa shape index (κ3) is 6.42. The van der Waals surface area contributed by atoms with Crippen LogP contribution in [0.2, 0.25) is 0 Å². The molecule has 1 nitrogen and oxygen atoms in total. The molecule has 0 aromatic carbocycles. The Morgan fingerprint density at radius 3 is 1.43 bits per heavy atom. The van der Waals surface area contributed by atoms with Crippen LogP contribution < -0.4 is 0 Å². The Labute approximate surface area is 92.1 Å². The monoisotopic (exact) mass is 202 g/mol. The number of unbranched alkanes of at least 4 members (excludes halogenated alkanes) is 2. The van der Waals surface area contributed by atoms with Crippen LogP contribution in [0, 0.1) is 0 Å². The molecule has 0 aromatic heterocycles. The molecule has 0 N–H and O–H groups in total. The van der Waals surface area contributed by atoms with Gasteiger partial charge >= 0.3 is 0 Å². The summed E-state index contributed by atoms with van der Waals surface area (Å²) in [6.45, 7) is 18.5. The summed E-state index contributed by atoms with van der Waals surface area (Å²) in [5, 5.41) is 0. The average molecular weight is 202 g/mol. The Kier molecular flexibility index (Phi) is 12.9. The molecule has 0 saturated carbocycles. The second-order valence-corrected chi connectivity index (χ2v) is 3.72. The predicted molar refractivity (Wildman–Crippen MR) is 67.6 cm³/mol. The first-order valence-electron chi connectivity index (χ1n) is 6.59. The maximum Gasteiger partial charge on any atom is 0.0786 e. The molecule has 0 spiro atoms. The molecule has 88 valence electrons. The van der Waals surface area contributed by atoms with Gasteiger partial charge in [0, 0.05) is 0 Å². The van der Waals surface area contributed by atoms with Crippen LogP contribution in [-0.2, 0) is 0 Å². The Morgan fingerprint density at radius 2 is 1.14 bits per heavy atom. The van der Waals surface area contributed by atoms with E-state index in [4.69, 9.17) is 0 Å². The average Bonchev–Trinajstić information content (AvgIpc) is 2.28. The van der Waals surface area contributed by atoms with E-state index >= 15 is 0 Å². The fourth-order valence-corrected chi connectivity index (χ4v) is 1.84. The van der Waals surface area contributed by atoms with Gasteiger partial charge in [-0.2, -0.15) is 0 Å². The van der Waals surface area contributed by atoms with Gasteiger partial charge in [0.25, 0.3) is 0 Å². The van der Waals surface area contributed by atoms with Crippen LogP contribution in [0.4, 0.5) is 0 Å². The van der Waals surface area contributed by atoms with E-state index in [0.29, 0.717) is 0 Å². The van der Waals surface area contributed by atoms with Crippen molar-refractivity contribution in [1.29, 1.82) is 0 Å². The second kappa shape index (κ2) is 11.0. The third-order valence-electron chi connectivity index (χ3n) is 3.25. The minimum atomic E-state index is 1.30. The Morgan fingerprint density at radius 1 is 0.714 bits per heavy atom. The molecule has 0 unspecified atom stereocenters. The quantitative estimate of drug-likeness (QED) is 0.431. The van der Waals surface area contributed by atoms with Crippen molar-refractivity contribution in [2.24, 2.45) is 0 Å². The number of hydrogen-bond donors (Lipinski definition) is 0. The van der Waals surface area contributed by atoms with Crippen molar-refractivity contribution in [2.45, 2.75) is 60.8 Å². The fourth-order valence-electron chi connectivity index (χ4n) is 1.84. The minimum absolute atomic E-state index is 1.30. The van der Waals surface area contributed by atoms with Crippen LogP contribution in [0.25, 0.3) is 0 Å². The van der Waals surface area contributed by atoms with Gasteiger partial charge < -0.3 is 4.48 Å². The first-order chi connectivity index (χ1) is 6.74. The molecule has 0 fully saturated rings. The van der Waals surface area contributed by atoms with E-state index < -0.39 is 0 Å². The molecular weight excluding hydrogens is 170 g/mol. The highest BCUT2D eigenvalue weighted by Gasteiger charge is 2.18. The van der Waals surface area contributed by atoms with Crippen LogP contribution in [-0.4, -0.2) is 30.7 Å². The van der Waals surface area contributed by atoms with E-state index in [0.717, 1.165) is 0 Å². The second-order valence-electron chi connectivity index (χ2n) is 3.72. The summed E-state index contributed by atoms with van der Waals surface area (Å²) in [5.41, 5.74) is 0. The highest BCUT2D eigenvalue weighted by atomic mass is 15.3. The number of quaternary nitrogens is 1. The molecular formula is C13H32N+. The zero-order valence-electron chi connectivity index (χ0n) is 11.4. The van der Waals surface area contributed by atoms with Gasteiger partial charge in [-0.1, -0.05) is 27.2 Å². The van der Waals surface area contributed by atoms with E-state index in [1.807, 2.05) is 13.8 Å². The molecule has 0 aliphatic carbocycles. The molecule has 0 heterocycles. The van der Waals surface area contributed by atoms with Crippen molar-refractivity contribution >= 4 is 0 Å². The van der Waals surface area contributed by atoms with Gasteiger partial charge in [0.1, 0.15) is 0 Å². The van der Waals surface area contributed by atoms with Crippen LogP contribution >= 0.6 is 0 Å². The van der Waals surface area contributed by atoms with Crippen LogP contribution in [0.1, 0.15) is 60.8 Å². The standard InChI is InChI=1S/C11H26N.C2H6/c1-5-9-10-11-12(6-2,7-3)8-4;1-2/h5-11H2,1-4H3;1-2H3/q+1;. The lowest BCUT2D eigenvalue weighted by atomic mass is 10.2. The highest BCUT2D eigenvalue weighted by molar-refractivity contribution is 4.41. The van der Waals surface area contributed by atoms with Crippen LogP contribution in [0.15, 0.2) is 0 Å². The molecule has 0 aromatic rings. The normalized spacial score (nSPS) is 10.7. The number of hydrogen-bond acceptors (Lipinski definition) is 0. The topological polar surface area (TPSA) is 0 Å². The van der Waals surface area contributed by atoms with Crippen LogP contribution in [0.5, 0.6) is 0 Å². The van der Waals surface area contributed by atoms with Gasteiger partial charge in [0.15, 0.2) is 0 Å². The lowest BCUT2D eigenvalue weighted by molar-refractivity contribution is -0.923. The van der Waals surface area contributed by atoms with Gasteiger partial charge in [-0.3, -0.25) is 0 Å². The first kappa shape index (κ1) is 16.4. The molecule has 14 heavy (non-hydrogen) atoms. The van der Waals surface area contributed by atoms with Gasteiger partial charge in [-0.25, -0.2) is 0 Å². The Bertz CT molecular complexity index is 87.1. The minimum Gasteiger partial charge on any atom is -0.324 e. The lowest BCUT2D eigenvalue weighted by Crippen LogP contribution is -2.48. The van der Waals surface area contributed by atoms with Gasteiger partial charge in [-0.05, 0) is 33.6 Å². The zero-order chi connectivity index (χ0) is 11.4. The summed E-state index contributed by atoms with van der Waals surface area (Å²) in [6.07, 6.45) is 4.16. The summed E-state index contributed by atoms with van der Waals surface area (Å²) in [7, 11) is 0. The fraction of sp³-hybridized carbons (Fsp3) is 1.00. The molecule has 0 radical (unpaired) electrons. The van der Waals surface area contributed by atoms with Gasteiger partial charge in [0.2, 0.25) is 0 Å². The Hall–Kier alpha value is -0.0400. The molecule has 0 saturated heterocycles. The number of nitrogens with zero attached hydrogens (tertiary/aromatic N) is 1. The largest absolute Gasteiger partial charge is 0.324 e. The maximum atomic E-state index is 2.32. The molecule has 0 aliphatic rings. The summed E-state index contributed by atoms with van der Waals surface area (Å²) in [6, 6.07) is 0. The van der Waals surface area contributed by atoms with E-state index in [1.54, 1.807) is 0 Å². The lowest BCUT2D eigenvalue weighted by Gasteiger charge is -2.35. The number of rotatable bonds is 7. The van der Waals surface area contributed by atoms with Crippen molar-refractivity contribution in [2.75, 3.05) is 26.2 Å². The van der Waals surface area contributed by atoms with Crippen molar-refractivity contribution in [3.05, 3.63) is 0 Å². The maximum absolute atomic E-state index is 2.32. The molecule has 1 heteroatoms. The molecule has 0 bridgehead atoms. The smallest absolute Gasteiger partial charge is 0.0786 e. The molecule has 0 rings (SSSR count). The van der Waals surface area contributed by atoms with Gasteiger partial charge in [0.05, 0.1) is 26.2 Å². The van der Waals surface area contributed by atoms with Crippen LogP contribution in [0.3, 0.4) is 0 Å². The van der Waals surface area contributed by atoms with Crippen molar-refractivity contribution in [3.63, 3.8) is 0 Å². The molecule has 0 amide bonds. The van der Waals surface area contributed by atoms with E-state index in [-0.39, 0.29) is 0 Å². The van der Waals surface area contributed by atoms with Crippen molar-refractivity contribution < 1.29 is 4.48 Å². The summed E-state index contributed by atoms with van der Waals surface area (Å²) < 4.78 is 1.32. The molecule has 0 atom stereocenters. The third-order valence-corrected chi connectivity index (χ3v) is 3.25.